The molecule has 3 nitrogen and oxygen atoms in total. The fraction of sp³-hybridized carbons (Fsp3) is 0.778. The van der Waals surface area contributed by atoms with E-state index in [4.69, 9.17) is 4.74 Å². The van der Waals surface area contributed by atoms with Gasteiger partial charge in [-0.1, -0.05) is 6.92 Å². The molecule has 0 bridgehead atoms. The molecule has 0 aromatic heterocycles. The van der Waals surface area contributed by atoms with E-state index in [2.05, 4.69) is 0 Å². The molecule has 0 aromatic carbocycles. The van der Waals surface area contributed by atoms with Crippen LogP contribution in [0.2, 0.25) is 0 Å². The van der Waals surface area contributed by atoms with Crippen LogP contribution < -0.4 is 0 Å². The predicted octanol–water partition coefficient (Wildman–Crippen LogP) is 1.31. The number of hydrogen-bond acceptors (Lipinski definition) is 3. The van der Waals surface area contributed by atoms with Gasteiger partial charge in [0.1, 0.15) is 11.9 Å². The number of Topliss-reactive ketones (excluding diaryl/α,β-unsaturated/α-hetero) is 1. The van der Waals surface area contributed by atoms with Crippen molar-refractivity contribution in [2.24, 2.45) is 5.92 Å². The van der Waals surface area contributed by atoms with Crippen molar-refractivity contribution in [1.29, 1.82) is 0 Å². The third-order valence-electron chi connectivity index (χ3n) is 2.00. The van der Waals surface area contributed by atoms with E-state index in [1.54, 1.807) is 0 Å². The van der Waals surface area contributed by atoms with Crippen LogP contribution in [0.5, 0.6) is 0 Å². The van der Waals surface area contributed by atoms with Gasteiger partial charge in [0.15, 0.2) is 0 Å². The fourth-order valence-electron chi connectivity index (χ4n) is 0.958. The molecule has 0 N–H and O–H groups in total. The molecule has 0 amide bonds. The third kappa shape index (κ3) is 3.03. The molecule has 68 valence electrons. The maximum absolute atomic E-state index is 11.0. The molecule has 0 spiro atoms. The Bertz CT molecular complexity index is 198. The van der Waals surface area contributed by atoms with Gasteiger partial charge in [0.25, 0.3) is 0 Å². The van der Waals surface area contributed by atoms with E-state index in [0.29, 0.717) is 12.3 Å². The number of carbonyl (C=O) groups excluding carboxylic acids is 2. The van der Waals surface area contributed by atoms with E-state index >= 15 is 0 Å². The zero-order valence-electron chi connectivity index (χ0n) is 7.50. The van der Waals surface area contributed by atoms with Gasteiger partial charge in [-0.25, -0.2) is 0 Å². The highest BCUT2D eigenvalue weighted by Gasteiger charge is 2.36. The number of rotatable bonds is 4. The zero-order valence-corrected chi connectivity index (χ0v) is 7.50. The molecule has 0 saturated heterocycles. The van der Waals surface area contributed by atoms with Gasteiger partial charge in [-0.2, -0.15) is 0 Å². The average molecular weight is 170 g/mol. The molecule has 1 fully saturated rings. The van der Waals surface area contributed by atoms with Gasteiger partial charge in [0.2, 0.25) is 0 Å². The smallest absolute Gasteiger partial charge is 0.306 e. The van der Waals surface area contributed by atoms with E-state index in [1.165, 1.54) is 6.92 Å². The van der Waals surface area contributed by atoms with Gasteiger partial charge in [0.05, 0.1) is 6.42 Å². The summed E-state index contributed by atoms with van der Waals surface area (Å²) >= 11 is 0. The molecular formula is C9H14O3. The van der Waals surface area contributed by atoms with Crippen LogP contribution in [-0.4, -0.2) is 17.9 Å². The van der Waals surface area contributed by atoms with Gasteiger partial charge in [-0.05, 0) is 19.3 Å². The summed E-state index contributed by atoms with van der Waals surface area (Å²) in [7, 11) is 0. The average Bonchev–Trinajstić information content (AvgIpc) is 2.62. The normalized spacial score (nSPS) is 26.5. The summed E-state index contributed by atoms with van der Waals surface area (Å²) in [6.07, 6.45) is 1.65. The van der Waals surface area contributed by atoms with Crippen LogP contribution >= 0.6 is 0 Å². The summed E-state index contributed by atoms with van der Waals surface area (Å²) in [5, 5.41) is 0. The van der Waals surface area contributed by atoms with Crippen LogP contribution in [0.25, 0.3) is 0 Å². The van der Waals surface area contributed by atoms with Crippen molar-refractivity contribution in [3.05, 3.63) is 0 Å². The fourth-order valence-corrected chi connectivity index (χ4v) is 0.958. The van der Waals surface area contributed by atoms with Crippen molar-refractivity contribution in [1.82, 2.24) is 0 Å². The molecule has 1 aliphatic rings. The summed E-state index contributed by atoms with van der Waals surface area (Å²) in [5.74, 6) is 0.321. The molecule has 2 unspecified atom stereocenters. The topological polar surface area (TPSA) is 43.4 Å². The molecule has 0 aliphatic heterocycles. The predicted molar refractivity (Wildman–Crippen MR) is 43.6 cm³/mol. The van der Waals surface area contributed by atoms with Gasteiger partial charge >= 0.3 is 5.97 Å². The monoisotopic (exact) mass is 170 g/mol. The minimum Gasteiger partial charge on any atom is -0.462 e. The number of carbonyl (C=O) groups is 2. The highest BCUT2D eigenvalue weighted by Crippen LogP contribution is 2.32. The Kier molecular flexibility index (Phi) is 2.84. The number of esters is 1. The van der Waals surface area contributed by atoms with Gasteiger partial charge < -0.3 is 9.53 Å². The number of ketones is 1. The van der Waals surface area contributed by atoms with Gasteiger partial charge in [-0.3, -0.25) is 4.79 Å². The van der Waals surface area contributed by atoms with Gasteiger partial charge in [0, 0.05) is 6.42 Å². The Labute approximate surface area is 72.1 Å². The van der Waals surface area contributed by atoms with Crippen molar-refractivity contribution in [3.8, 4) is 0 Å². The molecule has 0 heterocycles. The summed E-state index contributed by atoms with van der Waals surface area (Å²) in [6.45, 7) is 3.52. The first-order valence-corrected chi connectivity index (χ1v) is 4.28. The molecular weight excluding hydrogens is 156 g/mol. The van der Waals surface area contributed by atoms with E-state index in [1.807, 2.05) is 6.92 Å². The first kappa shape index (κ1) is 9.23. The van der Waals surface area contributed by atoms with E-state index in [0.717, 1.165) is 6.42 Å². The van der Waals surface area contributed by atoms with Gasteiger partial charge in [-0.15, -0.1) is 0 Å². The van der Waals surface area contributed by atoms with Crippen molar-refractivity contribution < 1.29 is 14.3 Å². The highest BCUT2D eigenvalue weighted by molar-refractivity contribution is 5.81. The molecule has 3 heteroatoms. The number of hydrogen-bond donors (Lipinski definition) is 0. The summed E-state index contributed by atoms with van der Waals surface area (Å²) < 4.78 is 5.03. The van der Waals surface area contributed by atoms with Crippen molar-refractivity contribution >= 4 is 11.8 Å². The molecule has 12 heavy (non-hydrogen) atoms. The van der Waals surface area contributed by atoms with E-state index in [9.17, 15) is 9.59 Å². The van der Waals surface area contributed by atoms with E-state index in [-0.39, 0.29) is 24.3 Å². The van der Waals surface area contributed by atoms with Crippen LogP contribution in [0.3, 0.4) is 0 Å². The Morgan fingerprint density at radius 3 is 2.42 bits per heavy atom. The minimum absolute atomic E-state index is 0.0378. The van der Waals surface area contributed by atoms with Crippen molar-refractivity contribution in [2.45, 2.75) is 39.2 Å². The lowest BCUT2D eigenvalue weighted by molar-refractivity contribution is -0.146. The third-order valence-corrected chi connectivity index (χ3v) is 2.00. The highest BCUT2D eigenvalue weighted by atomic mass is 16.5. The molecule has 1 aliphatic carbocycles. The van der Waals surface area contributed by atoms with Crippen LogP contribution in [0.4, 0.5) is 0 Å². The second-order valence-corrected chi connectivity index (χ2v) is 3.44. The number of ether oxygens (including phenoxy) is 1. The Hall–Kier alpha value is -0.860. The molecule has 0 radical (unpaired) electrons. The van der Waals surface area contributed by atoms with Crippen molar-refractivity contribution in [3.63, 3.8) is 0 Å². The summed E-state index contributed by atoms with van der Waals surface area (Å²) in [6, 6.07) is 0. The van der Waals surface area contributed by atoms with E-state index < -0.39 is 0 Å². The summed E-state index contributed by atoms with van der Waals surface area (Å²) in [5.41, 5.74) is 0. The molecule has 1 rings (SSSR count). The maximum atomic E-state index is 11.0. The summed E-state index contributed by atoms with van der Waals surface area (Å²) in [4.78, 5) is 21.5. The second kappa shape index (κ2) is 3.70. The quantitative estimate of drug-likeness (QED) is 0.597. The van der Waals surface area contributed by atoms with Crippen molar-refractivity contribution in [2.75, 3.05) is 0 Å². The molecule has 0 aromatic rings. The Morgan fingerprint density at radius 1 is 1.42 bits per heavy atom. The lowest BCUT2D eigenvalue weighted by Crippen LogP contribution is -2.08. The lowest BCUT2D eigenvalue weighted by Gasteiger charge is -2.00. The Balaban J connectivity index is 2.08. The first-order chi connectivity index (χ1) is 5.59. The minimum atomic E-state index is -0.237. The second-order valence-electron chi connectivity index (χ2n) is 3.44. The van der Waals surface area contributed by atoms with Crippen LogP contribution in [0.1, 0.15) is 33.1 Å². The van der Waals surface area contributed by atoms with Crippen LogP contribution in [0, 0.1) is 5.92 Å². The SMILES string of the molecule is CC(=O)CCC(=O)OC1CC1C. The molecule has 1 saturated carbocycles. The lowest BCUT2D eigenvalue weighted by atomic mass is 10.2. The van der Waals surface area contributed by atoms with Crippen LogP contribution in [-0.2, 0) is 14.3 Å². The zero-order chi connectivity index (χ0) is 9.14. The van der Waals surface area contributed by atoms with Crippen LogP contribution in [0.15, 0.2) is 0 Å². The standard InChI is InChI=1S/C9H14O3/c1-6-5-8(6)12-9(11)4-3-7(2)10/h6,8H,3-5H2,1-2H3. The molecule has 2 atom stereocenters. The Morgan fingerprint density at radius 2 is 2.00 bits per heavy atom. The first-order valence-electron chi connectivity index (χ1n) is 4.28. The maximum Gasteiger partial charge on any atom is 0.306 e. The largest absolute Gasteiger partial charge is 0.462 e.